The van der Waals surface area contributed by atoms with Gasteiger partial charge < -0.3 is 9.15 Å². The van der Waals surface area contributed by atoms with Gasteiger partial charge in [-0.1, -0.05) is 0 Å². The van der Waals surface area contributed by atoms with E-state index in [1.165, 1.54) is 12.1 Å². The Hall–Kier alpha value is -2.36. The van der Waals surface area contributed by atoms with Crippen LogP contribution in [0.3, 0.4) is 0 Å². The molecule has 0 fully saturated rings. The zero-order valence-corrected chi connectivity index (χ0v) is 9.47. The Morgan fingerprint density at radius 2 is 2.17 bits per heavy atom. The molecule has 0 saturated carbocycles. The maximum atomic E-state index is 13.0. The molecule has 0 amide bonds. The van der Waals surface area contributed by atoms with Gasteiger partial charge in [0.2, 0.25) is 0 Å². The molecule has 0 bridgehead atoms. The lowest BCUT2D eigenvalue weighted by molar-refractivity contribution is 0.273. The molecular formula is C14H10FNO2. The van der Waals surface area contributed by atoms with Crippen molar-refractivity contribution in [2.75, 3.05) is 0 Å². The summed E-state index contributed by atoms with van der Waals surface area (Å²) in [6, 6.07) is 9.90. The number of rotatable bonds is 3. The fraction of sp³-hybridized carbons (Fsp3) is 0.0714. The lowest BCUT2D eigenvalue weighted by Crippen LogP contribution is -1.93. The van der Waals surface area contributed by atoms with Gasteiger partial charge in [0.05, 0.1) is 6.20 Å². The van der Waals surface area contributed by atoms with Crippen molar-refractivity contribution in [1.29, 1.82) is 0 Å². The standard InChI is InChI=1S/C14H10FNO2/c15-11-4-3-10-6-13(18-14(10)7-11)9-17-12-2-1-5-16-8-12/h1-8H,9H2. The molecule has 2 heterocycles. The molecule has 0 unspecified atom stereocenters. The number of fused-ring (bicyclic) bond motifs is 1. The van der Waals surface area contributed by atoms with Crippen molar-refractivity contribution in [3.63, 3.8) is 0 Å². The van der Waals surface area contributed by atoms with E-state index in [9.17, 15) is 4.39 Å². The van der Waals surface area contributed by atoms with Gasteiger partial charge in [0.1, 0.15) is 29.5 Å². The smallest absolute Gasteiger partial charge is 0.146 e. The first-order valence-corrected chi connectivity index (χ1v) is 5.52. The second-order valence-electron chi connectivity index (χ2n) is 3.87. The normalized spacial score (nSPS) is 10.7. The van der Waals surface area contributed by atoms with Crippen LogP contribution in [0.25, 0.3) is 11.0 Å². The molecule has 1 aromatic carbocycles. The molecule has 0 aliphatic carbocycles. The molecule has 90 valence electrons. The first-order chi connectivity index (χ1) is 8.81. The van der Waals surface area contributed by atoms with Crippen LogP contribution in [0.2, 0.25) is 0 Å². The Morgan fingerprint density at radius 3 is 3.00 bits per heavy atom. The van der Waals surface area contributed by atoms with Gasteiger partial charge in [0, 0.05) is 17.6 Å². The molecule has 4 heteroatoms. The lowest BCUT2D eigenvalue weighted by atomic mass is 10.2. The molecule has 3 nitrogen and oxygen atoms in total. The fourth-order valence-electron chi connectivity index (χ4n) is 1.72. The molecule has 18 heavy (non-hydrogen) atoms. The van der Waals surface area contributed by atoms with Crippen LogP contribution >= 0.6 is 0 Å². The maximum Gasteiger partial charge on any atom is 0.146 e. The molecule has 0 spiro atoms. The van der Waals surface area contributed by atoms with Crippen molar-refractivity contribution in [2.45, 2.75) is 6.61 Å². The molecule has 0 N–H and O–H groups in total. The predicted octanol–water partition coefficient (Wildman–Crippen LogP) is 3.55. The summed E-state index contributed by atoms with van der Waals surface area (Å²) in [7, 11) is 0. The first kappa shape index (κ1) is 10.8. The highest BCUT2D eigenvalue weighted by atomic mass is 19.1. The number of hydrogen-bond acceptors (Lipinski definition) is 3. The third kappa shape index (κ3) is 2.18. The van der Waals surface area contributed by atoms with E-state index >= 15 is 0 Å². The van der Waals surface area contributed by atoms with E-state index in [-0.39, 0.29) is 5.82 Å². The summed E-state index contributed by atoms with van der Waals surface area (Å²) in [4.78, 5) is 3.95. The minimum atomic E-state index is -0.309. The summed E-state index contributed by atoms with van der Waals surface area (Å²) in [6.45, 7) is 0.294. The summed E-state index contributed by atoms with van der Waals surface area (Å²) in [5.41, 5.74) is 0.528. The van der Waals surface area contributed by atoms with Crippen LogP contribution in [0.1, 0.15) is 5.76 Å². The molecule has 0 aliphatic rings. The molecule has 3 rings (SSSR count). The van der Waals surface area contributed by atoms with Crippen molar-refractivity contribution >= 4 is 11.0 Å². The van der Waals surface area contributed by atoms with Crippen molar-refractivity contribution in [3.8, 4) is 5.75 Å². The van der Waals surface area contributed by atoms with Gasteiger partial charge in [-0.05, 0) is 30.3 Å². The van der Waals surface area contributed by atoms with E-state index in [0.29, 0.717) is 23.7 Å². The van der Waals surface area contributed by atoms with Crippen molar-refractivity contribution < 1.29 is 13.5 Å². The highest BCUT2D eigenvalue weighted by molar-refractivity contribution is 5.77. The molecule has 0 atom stereocenters. The fourth-order valence-corrected chi connectivity index (χ4v) is 1.72. The zero-order valence-electron chi connectivity index (χ0n) is 9.47. The van der Waals surface area contributed by atoms with E-state index in [2.05, 4.69) is 4.98 Å². The van der Waals surface area contributed by atoms with Crippen LogP contribution in [0.15, 0.2) is 53.2 Å². The largest absolute Gasteiger partial charge is 0.484 e. The highest BCUT2D eigenvalue weighted by Gasteiger charge is 2.05. The Morgan fingerprint density at radius 1 is 1.22 bits per heavy atom. The van der Waals surface area contributed by atoms with Crippen LogP contribution in [0.5, 0.6) is 5.75 Å². The third-order valence-electron chi connectivity index (χ3n) is 2.55. The number of nitrogens with zero attached hydrogens (tertiary/aromatic N) is 1. The number of benzene rings is 1. The topological polar surface area (TPSA) is 35.3 Å². The average molecular weight is 243 g/mol. The predicted molar refractivity (Wildman–Crippen MR) is 64.7 cm³/mol. The summed E-state index contributed by atoms with van der Waals surface area (Å²) < 4.78 is 24.0. The Bertz CT molecular complexity index is 664. The SMILES string of the molecule is Fc1ccc2cc(COc3cccnc3)oc2c1. The van der Waals surface area contributed by atoms with Crippen molar-refractivity contribution in [2.24, 2.45) is 0 Å². The molecule has 3 aromatic rings. The van der Waals surface area contributed by atoms with E-state index in [4.69, 9.17) is 9.15 Å². The van der Waals surface area contributed by atoms with Crippen LogP contribution in [-0.4, -0.2) is 4.98 Å². The van der Waals surface area contributed by atoms with Crippen LogP contribution in [-0.2, 0) is 6.61 Å². The van der Waals surface area contributed by atoms with Gasteiger partial charge in [0.25, 0.3) is 0 Å². The maximum absolute atomic E-state index is 13.0. The van der Waals surface area contributed by atoms with Gasteiger partial charge in [0.15, 0.2) is 0 Å². The highest BCUT2D eigenvalue weighted by Crippen LogP contribution is 2.21. The first-order valence-electron chi connectivity index (χ1n) is 5.52. The Kier molecular flexibility index (Phi) is 2.68. The number of furan rings is 1. The second-order valence-corrected chi connectivity index (χ2v) is 3.87. The van der Waals surface area contributed by atoms with Gasteiger partial charge in [-0.25, -0.2) is 4.39 Å². The van der Waals surface area contributed by atoms with Crippen LogP contribution in [0, 0.1) is 5.82 Å². The summed E-state index contributed by atoms with van der Waals surface area (Å²) in [5, 5.41) is 0.862. The lowest BCUT2D eigenvalue weighted by Gasteiger charge is -2.01. The van der Waals surface area contributed by atoms with Gasteiger partial charge in [-0.15, -0.1) is 0 Å². The number of hydrogen-bond donors (Lipinski definition) is 0. The van der Waals surface area contributed by atoms with E-state index in [1.807, 2.05) is 12.1 Å². The second kappa shape index (κ2) is 4.49. The molecule has 0 aliphatic heterocycles. The third-order valence-corrected chi connectivity index (χ3v) is 2.55. The number of aromatic nitrogens is 1. The summed E-state index contributed by atoms with van der Waals surface area (Å²) in [6.07, 6.45) is 3.30. The molecular weight excluding hydrogens is 233 g/mol. The summed E-state index contributed by atoms with van der Waals surface area (Å²) >= 11 is 0. The van der Waals surface area contributed by atoms with Gasteiger partial charge in [-0.2, -0.15) is 0 Å². The molecule has 2 aromatic heterocycles. The monoisotopic (exact) mass is 243 g/mol. The minimum Gasteiger partial charge on any atom is -0.484 e. The Balaban J connectivity index is 1.79. The van der Waals surface area contributed by atoms with Crippen LogP contribution in [0.4, 0.5) is 4.39 Å². The van der Waals surface area contributed by atoms with E-state index in [0.717, 1.165) is 5.39 Å². The Labute approximate surface area is 103 Å². The van der Waals surface area contributed by atoms with Gasteiger partial charge >= 0.3 is 0 Å². The van der Waals surface area contributed by atoms with E-state index in [1.54, 1.807) is 24.5 Å². The van der Waals surface area contributed by atoms with Crippen molar-refractivity contribution in [3.05, 3.63) is 60.4 Å². The average Bonchev–Trinajstić information content (AvgIpc) is 2.79. The summed E-state index contributed by atoms with van der Waals surface area (Å²) in [5.74, 6) is 1.01. The number of halogens is 1. The zero-order chi connectivity index (χ0) is 12.4. The number of ether oxygens (including phenoxy) is 1. The molecule has 0 radical (unpaired) electrons. The van der Waals surface area contributed by atoms with E-state index < -0.39 is 0 Å². The van der Waals surface area contributed by atoms with Gasteiger partial charge in [-0.3, -0.25) is 4.98 Å². The van der Waals surface area contributed by atoms with Crippen molar-refractivity contribution in [1.82, 2.24) is 4.98 Å². The quantitative estimate of drug-likeness (QED) is 0.705. The minimum absolute atomic E-state index is 0.294. The number of pyridine rings is 1. The van der Waals surface area contributed by atoms with Crippen LogP contribution < -0.4 is 4.74 Å². The molecule has 0 saturated heterocycles.